The smallest absolute Gasteiger partial charge is 0.255 e. The molecule has 0 saturated carbocycles. The zero-order valence-electron chi connectivity index (χ0n) is 19.3. The van der Waals surface area contributed by atoms with E-state index in [9.17, 15) is 18.0 Å². The van der Waals surface area contributed by atoms with Crippen LogP contribution in [0, 0.1) is 0 Å². The van der Waals surface area contributed by atoms with Gasteiger partial charge in [-0.3, -0.25) is 14.5 Å². The number of anilines is 1. The number of amides is 1. The molecule has 0 spiro atoms. The maximum Gasteiger partial charge on any atom is 0.255 e. The molecule has 0 aliphatic carbocycles. The monoisotopic (exact) mass is 511 g/mol. The van der Waals surface area contributed by atoms with Crippen LogP contribution in [-0.4, -0.2) is 61.7 Å². The lowest BCUT2D eigenvalue weighted by molar-refractivity contribution is 0.102. The normalized spacial score (nSPS) is 15.0. The number of nitrogens with one attached hydrogen (secondary N) is 1. The number of carbonyl (C=O) groups excluding carboxylic acids is 2. The van der Waals surface area contributed by atoms with Crippen molar-refractivity contribution >= 4 is 39.0 Å². The first kappa shape index (κ1) is 25.1. The molecular formula is C26H26ClN3O4S. The molecule has 1 aliphatic rings. The lowest BCUT2D eigenvalue weighted by atomic mass is 10.0. The number of benzene rings is 3. The third kappa shape index (κ3) is 6.35. The van der Waals surface area contributed by atoms with E-state index in [-0.39, 0.29) is 11.7 Å². The number of nitrogens with zero attached hydrogens (tertiary/aromatic N) is 2. The van der Waals surface area contributed by atoms with Crippen LogP contribution in [0.1, 0.15) is 31.8 Å². The Kier molecular flexibility index (Phi) is 7.66. The van der Waals surface area contributed by atoms with Crippen LogP contribution in [0.3, 0.4) is 0 Å². The number of hydrogen-bond donors (Lipinski definition) is 1. The van der Waals surface area contributed by atoms with Crippen LogP contribution in [0.25, 0.3) is 0 Å². The van der Waals surface area contributed by atoms with Crippen molar-refractivity contribution < 1.29 is 18.0 Å². The maximum absolute atomic E-state index is 13.0. The van der Waals surface area contributed by atoms with Gasteiger partial charge >= 0.3 is 0 Å². The number of carbonyl (C=O) groups is 2. The van der Waals surface area contributed by atoms with Crippen LogP contribution < -0.4 is 5.32 Å². The first-order valence-corrected chi connectivity index (χ1v) is 13.4. The Labute approximate surface area is 210 Å². The highest BCUT2D eigenvalue weighted by Gasteiger charge is 2.23. The molecule has 7 nitrogen and oxygen atoms in total. The van der Waals surface area contributed by atoms with Crippen molar-refractivity contribution in [2.24, 2.45) is 0 Å². The summed E-state index contributed by atoms with van der Waals surface area (Å²) >= 11 is 6.13. The Morgan fingerprint density at radius 2 is 1.54 bits per heavy atom. The van der Waals surface area contributed by atoms with Crippen molar-refractivity contribution in [3.05, 3.63) is 100 Å². The zero-order valence-corrected chi connectivity index (χ0v) is 20.8. The maximum atomic E-state index is 13.0. The number of hydrogen-bond acceptors (Lipinski definition) is 5. The molecule has 0 aromatic heterocycles. The van der Waals surface area contributed by atoms with Crippen LogP contribution in [0.5, 0.6) is 0 Å². The van der Waals surface area contributed by atoms with E-state index in [4.69, 9.17) is 11.6 Å². The van der Waals surface area contributed by atoms with E-state index in [0.29, 0.717) is 60.1 Å². The lowest BCUT2D eigenvalue weighted by Crippen LogP contribution is -2.47. The molecule has 4 rings (SSSR count). The summed E-state index contributed by atoms with van der Waals surface area (Å²) in [6, 6.07) is 20.9. The molecule has 3 aromatic carbocycles. The average Bonchev–Trinajstić information content (AvgIpc) is 2.85. The highest BCUT2D eigenvalue weighted by atomic mass is 35.5. The van der Waals surface area contributed by atoms with E-state index in [1.54, 1.807) is 54.6 Å². The molecule has 1 fully saturated rings. The van der Waals surface area contributed by atoms with Gasteiger partial charge in [-0.05, 0) is 35.9 Å². The summed E-state index contributed by atoms with van der Waals surface area (Å²) in [6.07, 6.45) is 1.23. The van der Waals surface area contributed by atoms with Gasteiger partial charge in [0, 0.05) is 54.4 Å². The van der Waals surface area contributed by atoms with Crippen LogP contribution in [0.15, 0.2) is 72.8 Å². The Hall–Kier alpha value is -3.04. The van der Waals surface area contributed by atoms with Crippen LogP contribution in [-0.2, 0) is 16.6 Å². The summed E-state index contributed by atoms with van der Waals surface area (Å²) in [5.74, 6) is -0.558. The number of piperazine rings is 1. The largest absolute Gasteiger partial charge is 0.321 e. The Balaban J connectivity index is 1.42. The molecule has 1 amide bonds. The van der Waals surface area contributed by atoms with Gasteiger partial charge in [-0.2, -0.15) is 4.31 Å². The SMILES string of the molecule is CS(=O)(=O)N1CCN(Cc2ccc(C(=O)Nc3ccc(Cl)cc3C(=O)c3ccccc3)cc2)CC1. The van der Waals surface area contributed by atoms with Crippen LogP contribution in [0.2, 0.25) is 5.02 Å². The number of ketones is 1. The minimum Gasteiger partial charge on any atom is -0.321 e. The van der Waals surface area contributed by atoms with Gasteiger partial charge in [-0.15, -0.1) is 0 Å². The predicted octanol–water partition coefficient (Wildman–Crippen LogP) is 3.90. The van der Waals surface area contributed by atoms with Gasteiger partial charge in [0.25, 0.3) is 5.91 Å². The topological polar surface area (TPSA) is 86.8 Å². The molecule has 9 heteroatoms. The Morgan fingerprint density at radius 3 is 2.17 bits per heavy atom. The Bertz CT molecular complexity index is 1320. The molecule has 3 aromatic rings. The standard InChI is InChI=1S/C26H26ClN3O4S/c1-35(33,34)30-15-13-29(14-16-30)18-19-7-9-21(10-8-19)26(32)28-24-12-11-22(27)17-23(24)25(31)20-5-3-2-4-6-20/h2-12,17H,13-16,18H2,1H3,(H,28,32). The second kappa shape index (κ2) is 10.7. The first-order chi connectivity index (χ1) is 16.7. The fourth-order valence-electron chi connectivity index (χ4n) is 3.99. The van der Waals surface area contributed by atoms with E-state index < -0.39 is 10.0 Å². The van der Waals surface area contributed by atoms with Gasteiger partial charge in [0.15, 0.2) is 5.78 Å². The van der Waals surface area contributed by atoms with Gasteiger partial charge in [-0.1, -0.05) is 54.1 Å². The quantitative estimate of drug-likeness (QED) is 0.486. The number of halogens is 1. The van der Waals surface area contributed by atoms with E-state index >= 15 is 0 Å². The van der Waals surface area contributed by atoms with Gasteiger partial charge in [0.05, 0.1) is 11.9 Å². The van der Waals surface area contributed by atoms with Crippen molar-refractivity contribution in [1.29, 1.82) is 0 Å². The molecule has 0 radical (unpaired) electrons. The zero-order chi connectivity index (χ0) is 25.0. The van der Waals surface area contributed by atoms with E-state index in [0.717, 1.165) is 5.56 Å². The molecule has 35 heavy (non-hydrogen) atoms. The molecule has 1 saturated heterocycles. The molecule has 0 bridgehead atoms. The molecular weight excluding hydrogens is 486 g/mol. The first-order valence-electron chi connectivity index (χ1n) is 11.2. The summed E-state index contributed by atoms with van der Waals surface area (Å²) in [4.78, 5) is 28.1. The second-order valence-corrected chi connectivity index (χ2v) is 10.9. The summed E-state index contributed by atoms with van der Waals surface area (Å²) in [5, 5.41) is 3.24. The third-order valence-corrected chi connectivity index (χ3v) is 7.47. The molecule has 1 heterocycles. The van der Waals surface area contributed by atoms with Crippen molar-refractivity contribution in [3.63, 3.8) is 0 Å². The molecule has 1 N–H and O–H groups in total. The highest BCUT2D eigenvalue weighted by molar-refractivity contribution is 7.88. The van der Waals surface area contributed by atoms with Gasteiger partial charge in [0.2, 0.25) is 10.0 Å². The van der Waals surface area contributed by atoms with Gasteiger partial charge in [-0.25, -0.2) is 8.42 Å². The summed E-state index contributed by atoms with van der Waals surface area (Å²) in [7, 11) is -3.16. The Morgan fingerprint density at radius 1 is 0.886 bits per heavy atom. The lowest BCUT2D eigenvalue weighted by Gasteiger charge is -2.33. The summed E-state index contributed by atoms with van der Waals surface area (Å²) < 4.78 is 24.8. The number of sulfonamides is 1. The van der Waals surface area contributed by atoms with Crippen LogP contribution >= 0.6 is 11.6 Å². The number of rotatable bonds is 7. The van der Waals surface area contributed by atoms with Gasteiger partial charge in [0.1, 0.15) is 0 Å². The minimum absolute atomic E-state index is 0.227. The second-order valence-electron chi connectivity index (χ2n) is 8.47. The fraction of sp³-hybridized carbons (Fsp3) is 0.231. The van der Waals surface area contributed by atoms with Crippen molar-refractivity contribution in [2.45, 2.75) is 6.54 Å². The highest BCUT2D eigenvalue weighted by Crippen LogP contribution is 2.24. The van der Waals surface area contributed by atoms with Crippen molar-refractivity contribution in [3.8, 4) is 0 Å². The van der Waals surface area contributed by atoms with E-state index in [2.05, 4.69) is 10.2 Å². The minimum atomic E-state index is -3.16. The summed E-state index contributed by atoms with van der Waals surface area (Å²) in [6.45, 7) is 2.94. The molecule has 182 valence electrons. The fourth-order valence-corrected chi connectivity index (χ4v) is 4.99. The van der Waals surface area contributed by atoms with Crippen molar-refractivity contribution in [2.75, 3.05) is 37.8 Å². The van der Waals surface area contributed by atoms with Crippen molar-refractivity contribution in [1.82, 2.24) is 9.21 Å². The van der Waals surface area contributed by atoms with E-state index in [1.807, 2.05) is 18.2 Å². The van der Waals surface area contributed by atoms with E-state index in [1.165, 1.54) is 10.6 Å². The molecule has 0 atom stereocenters. The summed E-state index contributed by atoms with van der Waals surface area (Å²) in [5.41, 5.74) is 2.71. The molecule has 0 unspecified atom stereocenters. The van der Waals surface area contributed by atoms with Gasteiger partial charge < -0.3 is 5.32 Å². The van der Waals surface area contributed by atoms with Crippen LogP contribution in [0.4, 0.5) is 5.69 Å². The average molecular weight is 512 g/mol. The molecule has 1 aliphatic heterocycles. The third-order valence-electron chi connectivity index (χ3n) is 5.93. The predicted molar refractivity (Wildman–Crippen MR) is 137 cm³/mol.